The van der Waals surface area contributed by atoms with Gasteiger partial charge in [-0.05, 0) is 44.2 Å². The Morgan fingerprint density at radius 3 is 2.94 bits per heavy atom. The highest BCUT2D eigenvalue weighted by atomic mass is 16.2. The lowest BCUT2D eigenvalue weighted by molar-refractivity contribution is -0.132. The topological polar surface area (TPSA) is 85.9 Å². The molecule has 0 saturated carbocycles. The number of para-hydroxylation sites is 1. The Morgan fingerprint density at radius 2 is 2.03 bits per heavy atom. The van der Waals surface area contributed by atoms with Crippen LogP contribution in [0.3, 0.4) is 0 Å². The van der Waals surface area contributed by atoms with Crippen LogP contribution in [0.1, 0.15) is 61.8 Å². The molecule has 0 aliphatic carbocycles. The van der Waals surface area contributed by atoms with E-state index in [4.69, 9.17) is 0 Å². The summed E-state index contributed by atoms with van der Waals surface area (Å²) < 4.78 is 3.79. The average Bonchev–Trinajstić information content (AvgIpc) is 3.34. The largest absolute Gasteiger partial charge is 0.332 e. The van der Waals surface area contributed by atoms with E-state index < -0.39 is 0 Å². The van der Waals surface area contributed by atoms with Crippen LogP contribution in [0.25, 0.3) is 10.9 Å². The van der Waals surface area contributed by atoms with Gasteiger partial charge >= 0.3 is 0 Å². The summed E-state index contributed by atoms with van der Waals surface area (Å²) in [6.07, 6.45) is 8.18. The Balaban J connectivity index is 1.33. The highest BCUT2D eigenvalue weighted by Gasteiger charge is 2.34. The van der Waals surface area contributed by atoms with E-state index in [1.807, 2.05) is 24.0 Å². The molecule has 3 aromatic rings. The molecular formula is C23H28N6O2. The van der Waals surface area contributed by atoms with E-state index in [0.29, 0.717) is 11.9 Å². The molecule has 162 valence electrons. The van der Waals surface area contributed by atoms with Crippen molar-refractivity contribution >= 4 is 16.8 Å². The number of carbonyl (C=O) groups excluding carboxylic acids is 1. The molecule has 1 fully saturated rings. The maximum Gasteiger partial charge on any atom is 0.261 e. The monoisotopic (exact) mass is 420 g/mol. The van der Waals surface area contributed by atoms with Gasteiger partial charge in [0.05, 0.1) is 23.3 Å². The summed E-state index contributed by atoms with van der Waals surface area (Å²) in [5.41, 5.74) is 1.61. The summed E-state index contributed by atoms with van der Waals surface area (Å²) in [6, 6.07) is 5.60. The van der Waals surface area contributed by atoms with E-state index in [2.05, 4.69) is 19.7 Å². The smallest absolute Gasteiger partial charge is 0.261 e. The van der Waals surface area contributed by atoms with E-state index >= 15 is 0 Å². The first kappa shape index (κ1) is 19.9. The Labute approximate surface area is 180 Å². The predicted octanol–water partition coefficient (Wildman–Crippen LogP) is 2.78. The fourth-order valence-corrected chi connectivity index (χ4v) is 4.94. The molecule has 2 aliphatic rings. The molecule has 0 unspecified atom stereocenters. The summed E-state index contributed by atoms with van der Waals surface area (Å²) in [7, 11) is 0. The van der Waals surface area contributed by atoms with Crippen LogP contribution < -0.4 is 5.56 Å². The Kier molecular flexibility index (Phi) is 5.29. The molecule has 0 spiro atoms. The molecule has 0 bridgehead atoms. The van der Waals surface area contributed by atoms with Crippen molar-refractivity contribution < 1.29 is 4.79 Å². The van der Waals surface area contributed by atoms with Crippen molar-refractivity contribution in [2.45, 2.75) is 71.0 Å². The second kappa shape index (κ2) is 8.24. The third-order valence-electron chi connectivity index (χ3n) is 6.63. The molecule has 5 rings (SSSR count). The normalized spacial score (nSPS) is 18.9. The molecule has 8 nitrogen and oxygen atoms in total. The average molecular weight is 421 g/mol. The quantitative estimate of drug-likeness (QED) is 0.648. The van der Waals surface area contributed by atoms with Gasteiger partial charge < -0.3 is 9.47 Å². The number of nitrogens with zero attached hydrogens (tertiary/aromatic N) is 6. The van der Waals surface area contributed by atoms with E-state index in [1.165, 1.54) is 6.42 Å². The minimum atomic E-state index is -0.0951. The second-order valence-electron chi connectivity index (χ2n) is 8.65. The van der Waals surface area contributed by atoms with Gasteiger partial charge in [0, 0.05) is 32.5 Å². The van der Waals surface area contributed by atoms with Gasteiger partial charge in [-0.1, -0.05) is 18.6 Å². The molecule has 1 saturated heterocycles. The molecule has 1 atom stereocenters. The predicted molar refractivity (Wildman–Crippen MR) is 117 cm³/mol. The van der Waals surface area contributed by atoms with Crippen LogP contribution >= 0.6 is 0 Å². The Hall–Kier alpha value is -3.03. The van der Waals surface area contributed by atoms with E-state index in [-0.39, 0.29) is 23.9 Å². The third kappa shape index (κ3) is 3.64. The molecule has 0 N–H and O–H groups in total. The van der Waals surface area contributed by atoms with Crippen LogP contribution in [0.4, 0.5) is 0 Å². The van der Waals surface area contributed by atoms with Gasteiger partial charge in [-0.2, -0.15) is 0 Å². The van der Waals surface area contributed by atoms with Crippen molar-refractivity contribution in [3.05, 3.63) is 52.1 Å². The summed E-state index contributed by atoms with van der Waals surface area (Å²) >= 11 is 0. The van der Waals surface area contributed by atoms with Crippen molar-refractivity contribution in [2.75, 3.05) is 6.54 Å². The summed E-state index contributed by atoms with van der Waals surface area (Å²) in [5, 5.41) is 9.50. The molecule has 8 heteroatoms. The third-order valence-corrected chi connectivity index (χ3v) is 6.63. The van der Waals surface area contributed by atoms with Gasteiger partial charge in [0.2, 0.25) is 5.91 Å². The van der Waals surface area contributed by atoms with Gasteiger partial charge in [-0.25, -0.2) is 4.98 Å². The molecule has 2 aliphatic heterocycles. The number of rotatable bonds is 4. The van der Waals surface area contributed by atoms with Gasteiger partial charge in [-0.15, -0.1) is 10.2 Å². The van der Waals surface area contributed by atoms with Crippen LogP contribution in [0.2, 0.25) is 0 Å². The lowest BCUT2D eigenvalue weighted by atomic mass is 10.1. The van der Waals surface area contributed by atoms with Crippen LogP contribution in [-0.2, 0) is 24.3 Å². The number of hydrogen-bond acceptors (Lipinski definition) is 5. The molecule has 0 radical (unpaired) electrons. The minimum absolute atomic E-state index is 0.0130. The van der Waals surface area contributed by atoms with Crippen LogP contribution in [0.15, 0.2) is 29.3 Å². The van der Waals surface area contributed by atoms with Crippen LogP contribution in [0.5, 0.6) is 0 Å². The fourth-order valence-electron chi connectivity index (χ4n) is 4.94. The lowest BCUT2D eigenvalue weighted by Crippen LogP contribution is -2.33. The van der Waals surface area contributed by atoms with Crippen LogP contribution in [0, 0.1) is 6.92 Å². The van der Waals surface area contributed by atoms with Gasteiger partial charge in [-0.3, -0.25) is 14.2 Å². The molecular weight excluding hydrogens is 392 g/mol. The Morgan fingerprint density at radius 1 is 1.13 bits per heavy atom. The molecule has 2 aromatic heterocycles. The van der Waals surface area contributed by atoms with Crippen LogP contribution in [-0.4, -0.2) is 41.7 Å². The number of likely N-dealkylation sites (tertiary alicyclic amines) is 1. The number of amides is 1. The standard InChI is InChI=1S/C23H28N6O2/c1-16-7-5-8-17-21(16)24-15-27(23(17)31)14-11-20(30)28-13-6-9-18(28)22-26-25-19-10-3-2-4-12-29(19)22/h5,7-8,15,18H,2-4,6,9-14H2,1H3/t18-/m1/s1. The van der Waals surface area contributed by atoms with Crippen molar-refractivity contribution in [2.24, 2.45) is 0 Å². The zero-order valence-electron chi connectivity index (χ0n) is 18.0. The first-order valence-corrected chi connectivity index (χ1v) is 11.3. The van der Waals surface area contributed by atoms with Gasteiger partial charge in [0.1, 0.15) is 5.82 Å². The number of carbonyl (C=O) groups is 1. The number of aryl methyl sites for hydroxylation is 3. The van der Waals surface area contributed by atoms with E-state index in [1.54, 1.807) is 17.0 Å². The summed E-state index contributed by atoms with van der Waals surface area (Å²) in [6.45, 7) is 3.95. The molecule has 31 heavy (non-hydrogen) atoms. The van der Waals surface area contributed by atoms with Crippen molar-refractivity contribution in [1.29, 1.82) is 0 Å². The maximum absolute atomic E-state index is 13.1. The van der Waals surface area contributed by atoms with E-state index in [0.717, 1.165) is 67.9 Å². The molecule has 1 amide bonds. The van der Waals surface area contributed by atoms with Gasteiger partial charge in [0.25, 0.3) is 5.56 Å². The molecule has 4 heterocycles. The van der Waals surface area contributed by atoms with Crippen molar-refractivity contribution in [1.82, 2.24) is 29.2 Å². The highest BCUT2D eigenvalue weighted by Crippen LogP contribution is 2.32. The first-order valence-electron chi connectivity index (χ1n) is 11.3. The zero-order chi connectivity index (χ0) is 21.4. The molecule has 1 aromatic carbocycles. The maximum atomic E-state index is 13.1. The van der Waals surface area contributed by atoms with Gasteiger partial charge in [0.15, 0.2) is 5.82 Å². The zero-order valence-corrected chi connectivity index (χ0v) is 18.0. The number of hydrogen-bond donors (Lipinski definition) is 0. The van der Waals surface area contributed by atoms with Crippen molar-refractivity contribution in [3.63, 3.8) is 0 Å². The minimum Gasteiger partial charge on any atom is -0.332 e. The number of aromatic nitrogens is 5. The van der Waals surface area contributed by atoms with Crippen molar-refractivity contribution in [3.8, 4) is 0 Å². The fraction of sp³-hybridized carbons (Fsp3) is 0.522. The SMILES string of the molecule is Cc1cccc2c(=O)n(CCC(=O)N3CCC[C@@H]3c3nnc4n3CCCCC4)cnc12. The highest BCUT2D eigenvalue weighted by molar-refractivity contribution is 5.80. The van der Waals surface area contributed by atoms with E-state index in [9.17, 15) is 9.59 Å². The first-order chi connectivity index (χ1) is 15.1. The number of fused-ring (bicyclic) bond motifs is 2. The Bertz CT molecular complexity index is 1180. The lowest BCUT2D eigenvalue weighted by Gasteiger charge is -2.25. The number of benzene rings is 1. The summed E-state index contributed by atoms with van der Waals surface area (Å²) in [4.78, 5) is 32.3. The summed E-state index contributed by atoms with van der Waals surface area (Å²) in [5.74, 6) is 2.04. The second-order valence-corrected chi connectivity index (χ2v) is 8.65.